The highest BCUT2D eigenvalue weighted by molar-refractivity contribution is 5.93. The number of ether oxygens (including phenoxy) is 2. The molecule has 2 rings (SSSR count). The van der Waals surface area contributed by atoms with Gasteiger partial charge in [0.05, 0.1) is 14.2 Å². The molecule has 1 aromatic carbocycles. The van der Waals surface area contributed by atoms with Crippen molar-refractivity contribution in [2.75, 3.05) is 26.1 Å². The van der Waals surface area contributed by atoms with E-state index in [4.69, 9.17) is 4.74 Å². The van der Waals surface area contributed by atoms with Gasteiger partial charge in [0.2, 0.25) is 0 Å². The summed E-state index contributed by atoms with van der Waals surface area (Å²) in [5.41, 5.74) is 0. The first-order valence-electron chi connectivity index (χ1n) is 5.48. The summed E-state index contributed by atoms with van der Waals surface area (Å²) < 4.78 is 9.75. The molecule has 0 amide bonds. The fraction of sp³-hybridized carbons (Fsp3) is 0.231. The minimum absolute atomic E-state index is 0.0832. The number of rotatable bonds is 4. The molecule has 0 radical (unpaired) electrons. The van der Waals surface area contributed by atoms with Crippen LogP contribution >= 0.6 is 0 Å². The zero-order valence-corrected chi connectivity index (χ0v) is 10.3. The van der Waals surface area contributed by atoms with Crippen molar-refractivity contribution in [2.45, 2.75) is 0 Å². The van der Waals surface area contributed by atoms with Gasteiger partial charge < -0.3 is 14.8 Å². The number of hydrogen-bond donors (Lipinski definition) is 1. The lowest BCUT2D eigenvalue weighted by Gasteiger charge is -2.08. The second kappa shape index (κ2) is 5.35. The van der Waals surface area contributed by atoms with Crippen molar-refractivity contribution < 1.29 is 14.3 Å². The molecule has 0 saturated heterocycles. The SMILES string of the molecule is COC(=O)CNc1nccc2ccc(OC)cc12. The number of nitrogens with one attached hydrogen (secondary N) is 1. The highest BCUT2D eigenvalue weighted by Gasteiger charge is 2.06. The molecule has 5 nitrogen and oxygen atoms in total. The van der Waals surface area contributed by atoms with E-state index in [0.717, 1.165) is 16.5 Å². The van der Waals surface area contributed by atoms with Crippen molar-refractivity contribution in [3.63, 3.8) is 0 Å². The third-order valence-electron chi connectivity index (χ3n) is 2.60. The van der Waals surface area contributed by atoms with Crippen LogP contribution in [0.3, 0.4) is 0 Å². The molecule has 94 valence electrons. The summed E-state index contributed by atoms with van der Waals surface area (Å²) in [6, 6.07) is 7.60. The van der Waals surface area contributed by atoms with Crippen molar-refractivity contribution in [2.24, 2.45) is 0 Å². The second-order valence-electron chi connectivity index (χ2n) is 3.68. The largest absolute Gasteiger partial charge is 0.497 e. The van der Waals surface area contributed by atoms with Gasteiger partial charge in [-0.05, 0) is 23.6 Å². The number of hydrogen-bond acceptors (Lipinski definition) is 5. The Morgan fingerprint density at radius 1 is 1.33 bits per heavy atom. The smallest absolute Gasteiger partial charge is 0.325 e. The van der Waals surface area contributed by atoms with E-state index in [1.807, 2.05) is 24.3 Å². The number of pyridine rings is 1. The number of nitrogens with zero attached hydrogens (tertiary/aromatic N) is 1. The number of methoxy groups -OCH3 is 2. The van der Waals surface area contributed by atoms with Gasteiger partial charge in [-0.25, -0.2) is 4.98 Å². The van der Waals surface area contributed by atoms with E-state index in [2.05, 4.69) is 15.0 Å². The lowest BCUT2D eigenvalue weighted by atomic mass is 10.1. The Bertz CT molecular complexity index is 569. The van der Waals surface area contributed by atoms with Crippen LogP contribution in [-0.4, -0.2) is 31.7 Å². The molecule has 0 aliphatic rings. The summed E-state index contributed by atoms with van der Waals surface area (Å²) in [5, 5.41) is 4.88. The normalized spacial score (nSPS) is 10.1. The van der Waals surface area contributed by atoms with Crippen LogP contribution in [0, 0.1) is 0 Å². The number of aromatic nitrogens is 1. The van der Waals surface area contributed by atoms with Crippen LogP contribution in [0.25, 0.3) is 10.8 Å². The van der Waals surface area contributed by atoms with Gasteiger partial charge in [-0.1, -0.05) is 6.07 Å². The summed E-state index contributed by atoms with van der Waals surface area (Å²) in [5.74, 6) is 1.05. The van der Waals surface area contributed by atoms with Crippen LogP contribution in [0.15, 0.2) is 30.5 Å². The second-order valence-corrected chi connectivity index (χ2v) is 3.68. The molecule has 5 heteroatoms. The van der Waals surface area contributed by atoms with Crippen LogP contribution in [0.4, 0.5) is 5.82 Å². The number of benzene rings is 1. The quantitative estimate of drug-likeness (QED) is 0.834. The summed E-state index contributed by atoms with van der Waals surface area (Å²) in [4.78, 5) is 15.3. The zero-order valence-electron chi connectivity index (χ0n) is 10.3. The summed E-state index contributed by atoms with van der Waals surface area (Å²) in [6.45, 7) is 0.0832. The van der Waals surface area contributed by atoms with E-state index in [9.17, 15) is 4.79 Å². The van der Waals surface area contributed by atoms with Gasteiger partial charge in [-0.2, -0.15) is 0 Å². The molecule has 0 fully saturated rings. The number of esters is 1. The van der Waals surface area contributed by atoms with Crippen LogP contribution in [0.1, 0.15) is 0 Å². The summed E-state index contributed by atoms with van der Waals surface area (Å²) in [7, 11) is 2.96. The molecule has 0 unspecified atom stereocenters. The van der Waals surface area contributed by atoms with E-state index < -0.39 is 0 Å². The van der Waals surface area contributed by atoms with Crippen LogP contribution in [-0.2, 0) is 9.53 Å². The van der Waals surface area contributed by atoms with Gasteiger partial charge in [0, 0.05) is 11.6 Å². The Balaban J connectivity index is 2.34. The average molecular weight is 246 g/mol. The number of fused-ring (bicyclic) bond motifs is 1. The Morgan fingerprint density at radius 2 is 2.17 bits per heavy atom. The van der Waals surface area contributed by atoms with Crippen LogP contribution in [0.2, 0.25) is 0 Å². The highest BCUT2D eigenvalue weighted by atomic mass is 16.5. The third-order valence-corrected chi connectivity index (χ3v) is 2.60. The first kappa shape index (κ1) is 12.2. The fourth-order valence-corrected chi connectivity index (χ4v) is 1.64. The maximum absolute atomic E-state index is 11.1. The molecule has 1 N–H and O–H groups in total. The average Bonchev–Trinajstić information content (AvgIpc) is 2.43. The molecule has 0 saturated carbocycles. The fourth-order valence-electron chi connectivity index (χ4n) is 1.64. The van der Waals surface area contributed by atoms with Crippen molar-refractivity contribution in [3.8, 4) is 5.75 Å². The predicted octanol–water partition coefficient (Wildman–Crippen LogP) is 1.83. The van der Waals surface area contributed by atoms with Gasteiger partial charge in [0.15, 0.2) is 0 Å². The van der Waals surface area contributed by atoms with Gasteiger partial charge in [0.25, 0.3) is 0 Å². The lowest BCUT2D eigenvalue weighted by molar-refractivity contribution is -0.138. The number of carbonyl (C=O) groups is 1. The maximum Gasteiger partial charge on any atom is 0.325 e. The Labute approximate surface area is 105 Å². The molecular weight excluding hydrogens is 232 g/mol. The molecule has 1 aromatic heterocycles. The number of anilines is 1. The molecular formula is C13H14N2O3. The summed E-state index contributed by atoms with van der Waals surface area (Å²) >= 11 is 0. The van der Waals surface area contributed by atoms with E-state index in [-0.39, 0.29) is 12.5 Å². The molecule has 0 atom stereocenters. The number of carbonyl (C=O) groups excluding carboxylic acids is 1. The first-order valence-corrected chi connectivity index (χ1v) is 5.48. The molecule has 0 bridgehead atoms. The van der Waals surface area contributed by atoms with E-state index >= 15 is 0 Å². The monoisotopic (exact) mass is 246 g/mol. The molecule has 0 aliphatic carbocycles. The van der Waals surface area contributed by atoms with Crippen molar-refractivity contribution >= 4 is 22.6 Å². The Morgan fingerprint density at radius 3 is 2.89 bits per heavy atom. The Hall–Kier alpha value is -2.30. The van der Waals surface area contributed by atoms with Gasteiger partial charge in [0.1, 0.15) is 18.1 Å². The topological polar surface area (TPSA) is 60.5 Å². The standard InChI is InChI=1S/C13H14N2O3/c1-17-10-4-3-9-5-6-14-13(11(9)7-10)15-8-12(16)18-2/h3-7H,8H2,1-2H3,(H,14,15). The van der Waals surface area contributed by atoms with E-state index in [1.165, 1.54) is 7.11 Å². The minimum atomic E-state index is -0.336. The van der Waals surface area contributed by atoms with Gasteiger partial charge >= 0.3 is 5.97 Å². The van der Waals surface area contributed by atoms with Crippen molar-refractivity contribution in [3.05, 3.63) is 30.5 Å². The summed E-state index contributed by atoms with van der Waals surface area (Å²) in [6.07, 6.45) is 1.69. The minimum Gasteiger partial charge on any atom is -0.497 e. The van der Waals surface area contributed by atoms with Crippen LogP contribution in [0.5, 0.6) is 5.75 Å². The Kier molecular flexibility index (Phi) is 3.62. The molecule has 1 heterocycles. The van der Waals surface area contributed by atoms with Crippen molar-refractivity contribution in [1.82, 2.24) is 4.98 Å². The maximum atomic E-state index is 11.1. The van der Waals surface area contributed by atoms with Crippen molar-refractivity contribution in [1.29, 1.82) is 0 Å². The zero-order chi connectivity index (χ0) is 13.0. The molecule has 18 heavy (non-hydrogen) atoms. The molecule has 0 spiro atoms. The first-order chi connectivity index (χ1) is 8.74. The van der Waals surface area contributed by atoms with E-state index in [1.54, 1.807) is 13.3 Å². The highest BCUT2D eigenvalue weighted by Crippen LogP contribution is 2.25. The van der Waals surface area contributed by atoms with Crippen LogP contribution < -0.4 is 10.1 Å². The van der Waals surface area contributed by atoms with Gasteiger partial charge in [-0.3, -0.25) is 4.79 Å². The third kappa shape index (κ3) is 2.51. The lowest BCUT2D eigenvalue weighted by Crippen LogP contribution is -2.15. The van der Waals surface area contributed by atoms with E-state index in [0.29, 0.717) is 5.82 Å². The van der Waals surface area contributed by atoms with Gasteiger partial charge in [-0.15, -0.1) is 0 Å². The molecule has 2 aromatic rings. The predicted molar refractivity (Wildman–Crippen MR) is 68.8 cm³/mol. The molecule has 0 aliphatic heterocycles.